The average molecular weight is 316 g/mol. The number of phenolic OH excluding ortho intramolecular Hbond substituents is 1. The van der Waals surface area contributed by atoms with E-state index in [-0.39, 0.29) is 17.9 Å². The van der Waals surface area contributed by atoms with Crippen LogP contribution in [0.15, 0.2) is 22.7 Å². The van der Waals surface area contributed by atoms with Gasteiger partial charge in [-0.05, 0) is 32.0 Å². The number of hydrogen-bond donors (Lipinski definition) is 3. The molecule has 0 aliphatic rings. The molecule has 1 aromatic rings. The van der Waals surface area contributed by atoms with E-state index in [9.17, 15) is 14.7 Å². The van der Waals surface area contributed by atoms with Gasteiger partial charge in [-0.25, -0.2) is 0 Å². The maximum atomic E-state index is 11.8. The molecule has 6 heteroatoms. The lowest BCUT2D eigenvalue weighted by molar-refractivity contribution is -0.146. The van der Waals surface area contributed by atoms with Crippen LogP contribution in [0, 0.1) is 5.41 Å². The predicted octanol–water partition coefficient (Wildman–Crippen LogP) is 2.00. The summed E-state index contributed by atoms with van der Waals surface area (Å²) in [5.41, 5.74) is -0.944. The Morgan fingerprint density at radius 3 is 2.50 bits per heavy atom. The van der Waals surface area contributed by atoms with Crippen LogP contribution in [-0.2, 0) is 4.79 Å². The molecule has 1 aromatic carbocycles. The van der Waals surface area contributed by atoms with Crippen molar-refractivity contribution < 1.29 is 19.8 Å². The van der Waals surface area contributed by atoms with Crippen molar-refractivity contribution in [2.45, 2.75) is 13.8 Å². The van der Waals surface area contributed by atoms with Gasteiger partial charge in [0.2, 0.25) is 0 Å². The van der Waals surface area contributed by atoms with E-state index in [1.807, 2.05) is 0 Å². The number of carboxylic acid groups (broad SMARTS) is 1. The number of carboxylic acids is 1. The molecule has 0 saturated heterocycles. The number of carbonyl (C=O) groups is 2. The van der Waals surface area contributed by atoms with Crippen LogP contribution < -0.4 is 5.32 Å². The first-order chi connectivity index (χ1) is 8.24. The fourth-order valence-corrected chi connectivity index (χ4v) is 1.52. The molecule has 0 aliphatic carbocycles. The molecule has 0 spiro atoms. The summed E-state index contributed by atoms with van der Waals surface area (Å²) in [6, 6.07) is 4.48. The summed E-state index contributed by atoms with van der Waals surface area (Å²) >= 11 is 3.17. The molecule has 1 amide bonds. The first-order valence-corrected chi connectivity index (χ1v) is 6.03. The smallest absolute Gasteiger partial charge is 0.310 e. The first kappa shape index (κ1) is 14.5. The van der Waals surface area contributed by atoms with Gasteiger partial charge in [-0.2, -0.15) is 0 Å². The van der Waals surface area contributed by atoms with Crippen molar-refractivity contribution in [1.29, 1.82) is 0 Å². The molecule has 3 N–H and O–H groups in total. The SMILES string of the molecule is CC(C)(CNC(=O)c1ccc(Br)cc1O)C(=O)O. The number of phenols is 1. The van der Waals surface area contributed by atoms with E-state index in [4.69, 9.17) is 5.11 Å². The van der Waals surface area contributed by atoms with Crippen LogP contribution in [0.4, 0.5) is 0 Å². The summed E-state index contributed by atoms with van der Waals surface area (Å²) < 4.78 is 0.655. The van der Waals surface area contributed by atoms with Gasteiger partial charge in [0.15, 0.2) is 0 Å². The van der Waals surface area contributed by atoms with E-state index < -0.39 is 17.3 Å². The maximum absolute atomic E-state index is 11.8. The molecule has 1 rings (SSSR count). The van der Waals surface area contributed by atoms with Crippen molar-refractivity contribution in [2.24, 2.45) is 5.41 Å². The Kier molecular flexibility index (Phi) is 4.34. The minimum atomic E-state index is -1.05. The van der Waals surface area contributed by atoms with Gasteiger partial charge in [0, 0.05) is 11.0 Å². The zero-order chi connectivity index (χ0) is 13.9. The quantitative estimate of drug-likeness (QED) is 0.793. The van der Waals surface area contributed by atoms with Crippen LogP contribution in [0.3, 0.4) is 0 Å². The summed E-state index contributed by atoms with van der Waals surface area (Å²) in [6.45, 7) is 3.00. The van der Waals surface area contributed by atoms with Crippen LogP contribution in [0.2, 0.25) is 0 Å². The summed E-state index contributed by atoms with van der Waals surface area (Å²) in [5.74, 6) is -1.66. The lowest BCUT2D eigenvalue weighted by atomic mass is 9.94. The van der Waals surface area contributed by atoms with E-state index in [0.29, 0.717) is 4.47 Å². The van der Waals surface area contributed by atoms with E-state index in [0.717, 1.165) is 0 Å². The third-order valence-electron chi connectivity index (χ3n) is 2.47. The number of carbonyl (C=O) groups excluding carboxylic acids is 1. The van der Waals surface area contributed by atoms with Gasteiger partial charge in [-0.3, -0.25) is 9.59 Å². The summed E-state index contributed by atoms with van der Waals surface area (Å²) in [7, 11) is 0. The van der Waals surface area contributed by atoms with Crippen molar-refractivity contribution in [2.75, 3.05) is 6.54 Å². The molecule has 0 fully saturated rings. The molecule has 0 atom stereocenters. The lowest BCUT2D eigenvalue weighted by Gasteiger charge is -2.19. The fraction of sp³-hybridized carbons (Fsp3) is 0.333. The van der Waals surface area contributed by atoms with Crippen LogP contribution in [-0.4, -0.2) is 28.6 Å². The van der Waals surface area contributed by atoms with Gasteiger partial charge in [-0.15, -0.1) is 0 Å². The third kappa shape index (κ3) is 3.46. The van der Waals surface area contributed by atoms with Crippen molar-refractivity contribution in [3.05, 3.63) is 28.2 Å². The number of amides is 1. The highest BCUT2D eigenvalue weighted by atomic mass is 79.9. The molecule has 5 nitrogen and oxygen atoms in total. The summed E-state index contributed by atoms with van der Waals surface area (Å²) in [4.78, 5) is 22.6. The zero-order valence-corrected chi connectivity index (χ0v) is 11.6. The molecule has 0 aromatic heterocycles. The second-order valence-electron chi connectivity index (χ2n) is 4.53. The first-order valence-electron chi connectivity index (χ1n) is 5.24. The molecule has 0 saturated carbocycles. The highest BCUT2D eigenvalue weighted by Crippen LogP contribution is 2.22. The Hall–Kier alpha value is -1.56. The van der Waals surface area contributed by atoms with E-state index in [1.165, 1.54) is 26.0 Å². The minimum Gasteiger partial charge on any atom is -0.507 e. The number of aliphatic carboxylic acids is 1. The van der Waals surface area contributed by atoms with E-state index in [1.54, 1.807) is 6.07 Å². The lowest BCUT2D eigenvalue weighted by Crippen LogP contribution is -2.38. The minimum absolute atomic E-state index is 0.0172. The third-order valence-corrected chi connectivity index (χ3v) is 2.97. The van der Waals surface area contributed by atoms with Crippen LogP contribution in [0.1, 0.15) is 24.2 Å². The number of nitrogens with one attached hydrogen (secondary N) is 1. The standard InChI is InChI=1S/C12H14BrNO4/c1-12(2,11(17)18)6-14-10(16)8-4-3-7(13)5-9(8)15/h3-5,15H,6H2,1-2H3,(H,14,16)(H,17,18). The van der Waals surface area contributed by atoms with Gasteiger partial charge < -0.3 is 15.5 Å². The molecule has 98 valence electrons. The fourth-order valence-electron chi connectivity index (χ4n) is 1.17. The van der Waals surface area contributed by atoms with Gasteiger partial charge in [0.05, 0.1) is 11.0 Å². The summed E-state index contributed by atoms with van der Waals surface area (Å²) in [6.07, 6.45) is 0. The normalized spacial score (nSPS) is 11.1. The highest BCUT2D eigenvalue weighted by molar-refractivity contribution is 9.10. The van der Waals surface area contributed by atoms with Crippen molar-refractivity contribution in [1.82, 2.24) is 5.32 Å². The highest BCUT2D eigenvalue weighted by Gasteiger charge is 2.28. The Balaban J connectivity index is 2.75. The molecule has 0 heterocycles. The average Bonchev–Trinajstić information content (AvgIpc) is 2.25. The Bertz CT molecular complexity index is 485. The van der Waals surface area contributed by atoms with E-state index >= 15 is 0 Å². The van der Waals surface area contributed by atoms with E-state index in [2.05, 4.69) is 21.2 Å². The van der Waals surface area contributed by atoms with Crippen molar-refractivity contribution in [3.63, 3.8) is 0 Å². The van der Waals surface area contributed by atoms with Crippen molar-refractivity contribution in [3.8, 4) is 5.75 Å². The molecule has 0 bridgehead atoms. The van der Waals surface area contributed by atoms with Crippen LogP contribution in [0.5, 0.6) is 5.75 Å². The van der Waals surface area contributed by atoms with Crippen LogP contribution in [0.25, 0.3) is 0 Å². The number of aromatic hydroxyl groups is 1. The second kappa shape index (κ2) is 5.39. The zero-order valence-electron chi connectivity index (χ0n) is 10.0. The van der Waals surface area contributed by atoms with Gasteiger partial charge >= 0.3 is 5.97 Å². The summed E-state index contributed by atoms with van der Waals surface area (Å²) in [5, 5.41) is 21.0. The number of hydrogen-bond acceptors (Lipinski definition) is 3. The van der Waals surface area contributed by atoms with Gasteiger partial charge in [0.25, 0.3) is 5.91 Å². The van der Waals surface area contributed by atoms with Crippen LogP contribution >= 0.6 is 15.9 Å². The Labute approximate surface area is 113 Å². The van der Waals surface area contributed by atoms with Gasteiger partial charge in [0.1, 0.15) is 5.75 Å². The number of benzene rings is 1. The predicted molar refractivity (Wildman–Crippen MR) is 69.6 cm³/mol. The molecule has 0 unspecified atom stereocenters. The molecule has 18 heavy (non-hydrogen) atoms. The van der Waals surface area contributed by atoms with Gasteiger partial charge in [-0.1, -0.05) is 15.9 Å². The Morgan fingerprint density at radius 1 is 1.39 bits per heavy atom. The second-order valence-corrected chi connectivity index (χ2v) is 5.45. The number of halogens is 1. The Morgan fingerprint density at radius 2 is 2.00 bits per heavy atom. The topological polar surface area (TPSA) is 86.6 Å². The number of rotatable bonds is 4. The molecular formula is C12H14BrNO4. The molecule has 0 aliphatic heterocycles. The van der Waals surface area contributed by atoms with Crippen molar-refractivity contribution >= 4 is 27.8 Å². The largest absolute Gasteiger partial charge is 0.507 e. The monoisotopic (exact) mass is 315 g/mol. The molecular weight excluding hydrogens is 302 g/mol. The maximum Gasteiger partial charge on any atom is 0.310 e. The molecule has 0 radical (unpaired) electrons.